The molecule has 0 bridgehead atoms. The van der Waals surface area contributed by atoms with Gasteiger partial charge in [0.15, 0.2) is 5.76 Å². The van der Waals surface area contributed by atoms with Gasteiger partial charge in [0.1, 0.15) is 0 Å². The van der Waals surface area contributed by atoms with Crippen LogP contribution in [0.25, 0.3) is 0 Å². The van der Waals surface area contributed by atoms with Gasteiger partial charge >= 0.3 is 0 Å². The first-order valence-electron chi connectivity index (χ1n) is 5.02. The maximum Gasteiger partial charge on any atom is 0.237 e. The van der Waals surface area contributed by atoms with E-state index in [1.165, 1.54) is 6.20 Å². The molecule has 84 valence electrons. The molecular formula is C10H17N3O2. The third kappa shape index (κ3) is 4.12. The minimum absolute atomic E-state index is 0.153. The maximum atomic E-state index is 11.5. The van der Waals surface area contributed by atoms with Crippen molar-refractivity contribution in [1.82, 2.24) is 10.5 Å². The normalized spacial score (nSPS) is 12.8. The average molecular weight is 211 g/mol. The molecule has 1 aromatic rings. The summed E-state index contributed by atoms with van der Waals surface area (Å²) in [6, 6.07) is 1.25. The Hall–Kier alpha value is -1.36. The third-order valence-corrected chi connectivity index (χ3v) is 1.99. The summed E-state index contributed by atoms with van der Waals surface area (Å²) in [7, 11) is 0. The molecule has 0 fully saturated rings. The van der Waals surface area contributed by atoms with Crippen LogP contribution in [0, 0.1) is 5.92 Å². The maximum absolute atomic E-state index is 11.5. The van der Waals surface area contributed by atoms with Crippen LogP contribution in [0.5, 0.6) is 0 Å². The van der Waals surface area contributed by atoms with Gasteiger partial charge in [0.2, 0.25) is 5.91 Å². The molecule has 0 aliphatic rings. The van der Waals surface area contributed by atoms with Crippen molar-refractivity contribution in [3.05, 3.63) is 18.0 Å². The molecule has 5 heteroatoms. The van der Waals surface area contributed by atoms with Gasteiger partial charge in [-0.25, -0.2) is 0 Å². The summed E-state index contributed by atoms with van der Waals surface area (Å²) >= 11 is 0. The molecule has 0 aliphatic heterocycles. The summed E-state index contributed by atoms with van der Waals surface area (Å²) < 4.78 is 4.84. The lowest BCUT2D eigenvalue weighted by atomic mass is 10.0. The van der Waals surface area contributed by atoms with Crippen LogP contribution in [0.1, 0.15) is 26.0 Å². The Labute approximate surface area is 89.0 Å². The zero-order valence-corrected chi connectivity index (χ0v) is 9.06. The average Bonchev–Trinajstić information content (AvgIpc) is 2.65. The van der Waals surface area contributed by atoms with E-state index in [1.807, 2.05) is 13.8 Å². The number of hydrogen-bond donors (Lipinski definition) is 2. The highest BCUT2D eigenvalue weighted by molar-refractivity contribution is 5.81. The molecule has 0 unspecified atom stereocenters. The second kappa shape index (κ2) is 5.50. The first kappa shape index (κ1) is 11.7. The van der Waals surface area contributed by atoms with E-state index in [0.717, 1.165) is 0 Å². The van der Waals surface area contributed by atoms with E-state index in [-0.39, 0.29) is 5.91 Å². The lowest BCUT2D eigenvalue weighted by Gasteiger charge is -2.13. The lowest BCUT2D eigenvalue weighted by Crippen LogP contribution is -2.40. The van der Waals surface area contributed by atoms with Gasteiger partial charge in [-0.1, -0.05) is 19.0 Å². The SMILES string of the molecule is CC(C)C[C@@H](N)C(=O)NCc1ccno1. The van der Waals surface area contributed by atoms with Crippen molar-refractivity contribution in [2.24, 2.45) is 11.7 Å². The van der Waals surface area contributed by atoms with Crippen LogP contribution in [0.4, 0.5) is 0 Å². The van der Waals surface area contributed by atoms with Crippen molar-refractivity contribution in [2.45, 2.75) is 32.9 Å². The van der Waals surface area contributed by atoms with Crippen LogP contribution in [0.15, 0.2) is 16.8 Å². The fraction of sp³-hybridized carbons (Fsp3) is 0.600. The fourth-order valence-electron chi connectivity index (χ4n) is 1.25. The number of aromatic nitrogens is 1. The van der Waals surface area contributed by atoms with Crippen molar-refractivity contribution in [2.75, 3.05) is 0 Å². The highest BCUT2D eigenvalue weighted by atomic mass is 16.5. The van der Waals surface area contributed by atoms with Crippen molar-refractivity contribution in [1.29, 1.82) is 0 Å². The van der Waals surface area contributed by atoms with Gasteiger partial charge in [0, 0.05) is 6.07 Å². The quantitative estimate of drug-likeness (QED) is 0.749. The summed E-state index contributed by atoms with van der Waals surface area (Å²) in [6.07, 6.45) is 2.22. The van der Waals surface area contributed by atoms with E-state index in [1.54, 1.807) is 6.07 Å². The predicted octanol–water partition coefficient (Wildman–Crippen LogP) is 0.664. The van der Waals surface area contributed by atoms with Crippen molar-refractivity contribution in [3.8, 4) is 0 Å². The van der Waals surface area contributed by atoms with E-state index in [9.17, 15) is 4.79 Å². The van der Waals surface area contributed by atoms with Crippen molar-refractivity contribution in [3.63, 3.8) is 0 Å². The number of amides is 1. The highest BCUT2D eigenvalue weighted by Crippen LogP contribution is 2.03. The van der Waals surface area contributed by atoms with Gasteiger partial charge in [-0.05, 0) is 12.3 Å². The summed E-state index contributed by atoms with van der Waals surface area (Å²) in [4.78, 5) is 11.5. The Balaban J connectivity index is 2.29. The van der Waals surface area contributed by atoms with E-state index in [0.29, 0.717) is 24.6 Å². The Bertz CT molecular complexity index is 296. The third-order valence-electron chi connectivity index (χ3n) is 1.99. The molecule has 3 N–H and O–H groups in total. The molecule has 0 saturated carbocycles. The molecule has 0 aliphatic carbocycles. The standard InChI is InChI=1S/C10H17N3O2/c1-7(2)5-9(11)10(14)12-6-8-3-4-13-15-8/h3-4,7,9H,5-6,11H2,1-2H3,(H,12,14)/t9-/m1/s1. The van der Waals surface area contributed by atoms with Crippen LogP contribution in [0.3, 0.4) is 0 Å². The van der Waals surface area contributed by atoms with Crippen LogP contribution in [-0.4, -0.2) is 17.1 Å². The Kier molecular flexibility index (Phi) is 4.30. The molecule has 0 spiro atoms. The molecule has 0 saturated heterocycles. The Morgan fingerprint density at radius 1 is 1.67 bits per heavy atom. The van der Waals surface area contributed by atoms with Gasteiger partial charge < -0.3 is 15.6 Å². The summed E-state index contributed by atoms with van der Waals surface area (Å²) in [6.45, 7) is 4.40. The van der Waals surface area contributed by atoms with E-state index < -0.39 is 6.04 Å². The van der Waals surface area contributed by atoms with Gasteiger partial charge in [0.05, 0.1) is 18.8 Å². The van der Waals surface area contributed by atoms with Crippen LogP contribution in [-0.2, 0) is 11.3 Å². The molecule has 0 radical (unpaired) electrons. The second-order valence-corrected chi connectivity index (χ2v) is 3.93. The number of carbonyl (C=O) groups excluding carboxylic acids is 1. The first-order valence-corrected chi connectivity index (χ1v) is 5.02. The summed E-state index contributed by atoms with van der Waals surface area (Å²) in [5.41, 5.74) is 5.70. The predicted molar refractivity (Wildman–Crippen MR) is 55.8 cm³/mol. The van der Waals surface area contributed by atoms with Gasteiger partial charge in [0.25, 0.3) is 0 Å². The van der Waals surface area contributed by atoms with E-state index in [2.05, 4.69) is 10.5 Å². The second-order valence-electron chi connectivity index (χ2n) is 3.93. The monoisotopic (exact) mass is 211 g/mol. The molecule has 15 heavy (non-hydrogen) atoms. The van der Waals surface area contributed by atoms with E-state index in [4.69, 9.17) is 10.3 Å². The number of carbonyl (C=O) groups is 1. The number of nitrogens with zero attached hydrogens (tertiary/aromatic N) is 1. The Morgan fingerprint density at radius 3 is 2.93 bits per heavy atom. The molecule has 1 amide bonds. The van der Waals surface area contributed by atoms with Crippen molar-refractivity contribution < 1.29 is 9.32 Å². The molecule has 1 aromatic heterocycles. The molecule has 5 nitrogen and oxygen atoms in total. The zero-order valence-electron chi connectivity index (χ0n) is 9.06. The molecule has 1 heterocycles. The number of rotatable bonds is 5. The summed E-state index contributed by atoms with van der Waals surface area (Å²) in [5.74, 6) is 0.885. The van der Waals surface area contributed by atoms with Crippen LogP contribution >= 0.6 is 0 Å². The number of hydrogen-bond acceptors (Lipinski definition) is 4. The molecule has 0 aromatic carbocycles. The number of nitrogens with one attached hydrogen (secondary N) is 1. The minimum atomic E-state index is -0.451. The zero-order chi connectivity index (χ0) is 11.3. The topological polar surface area (TPSA) is 81.2 Å². The summed E-state index contributed by atoms with van der Waals surface area (Å²) in [5, 5.41) is 6.23. The smallest absolute Gasteiger partial charge is 0.237 e. The first-order chi connectivity index (χ1) is 7.09. The molecular weight excluding hydrogens is 194 g/mol. The van der Waals surface area contributed by atoms with Crippen molar-refractivity contribution >= 4 is 5.91 Å². The molecule has 1 rings (SSSR count). The minimum Gasteiger partial charge on any atom is -0.360 e. The van der Waals surface area contributed by atoms with E-state index >= 15 is 0 Å². The van der Waals surface area contributed by atoms with Crippen LogP contribution in [0.2, 0.25) is 0 Å². The lowest BCUT2D eigenvalue weighted by molar-refractivity contribution is -0.122. The largest absolute Gasteiger partial charge is 0.360 e. The number of nitrogens with two attached hydrogens (primary N) is 1. The molecule has 1 atom stereocenters. The van der Waals surface area contributed by atoms with Gasteiger partial charge in [-0.15, -0.1) is 0 Å². The van der Waals surface area contributed by atoms with Gasteiger partial charge in [-0.3, -0.25) is 4.79 Å². The van der Waals surface area contributed by atoms with Gasteiger partial charge in [-0.2, -0.15) is 0 Å². The fourth-order valence-corrected chi connectivity index (χ4v) is 1.25. The Morgan fingerprint density at radius 2 is 2.40 bits per heavy atom. The highest BCUT2D eigenvalue weighted by Gasteiger charge is 2.14. The van der Waals surface area contributed by atoms with Crippen LogP contribution < -0.4 is 11.1 Å².